The van der Waals surface area contributed by atoms with Gasteiger partial charge in [-0.3, -0.25) is 0 Å². The summed E-state index contributed by atoms with van der Waals surface area (Å²) in [5, 5.41) is 0. The van der Waals surface area contributed by atoms with E-state index in [0.29, 0.717) is 12.0 Å². The van der Waals surface area contributed by atoms with E-state index in [9.17, 15) is 0 Å². The van der Waals surface area contributed by atoms with E-state index in [-0.39, 0.29) is 6.04 Å². The van der Waals surface area contributed by atoms with Gasteiger partial charge in [-0.2, -0.15) is 0 Å². The average molecular weight is 209 g/mol. The summed E-state index contributed by atoms with van der Waals surface area (Å²) in [4.78, 5) is 0. The Morgan fingerprint density at radius 2 is 2.33 bits per heavy atom. The summed E-state index contributed by atoms with van der Waals surface area (Å²) < 4.78 is 11.2. The maximum Gasteiger partial charge on any atom is 0.121 e. The Hall–Kier alpha value is -0.800. The van der Waals surface area contributed by atoms with Gasteiger partial charge in [0, 0.05) is 12.3 Å². The van der Waals surface area contributed by atoms with E-state index >= 15 is 0 Å². The molecule has 84 valence electrons. The van der Waals surface area contributed by atoms with Crippen molar-refractivity contribution in [2.45, 2.75) is 38.8 Å². The third-order valence-corrected chi connectivity index (χ3v) is 3.10. The highest BCUT2D eigenvalue weighted by Crippen LogP contribution is 2.30. The molecule has 1 fully saturated rings. The normalized spacial score (nSPS) is 28.2. The predicted octanol–water partition coefficient (Wildman–Crippen LogP) is 2.27. The van der Waals surface area contributed by atoms with E-state index in [1.807, 2.05) is 12.1 Å². The lowest BCUT2D eigenvalue weighted by Gasteiger charge is -2.14. The average Bonchev–Trinajstić information content (AvgIpc) is 2.84. The van der Waals surface area contributed by atoms with Crippen molar-refractivity contribution in [3.05, 3.63) is 23.7 Å². The Balaban J connectivity index is 2.03. The van der Waals surface area contributed by atoms with Crippen LogP contribution in [0.4, 0.5) is 0 Å². The minimum atomic E-state index is -0.0183. The highest BCUT2D eigenvalue weighted by Gasteiger charge is 2.29. The minimum Gasteiger partial charge on any atom is -0.464 e. The molecule has 3 atom stereocenters. The Morgan fingerprint density at radius 1 is 1.53 bits per heavy atom. The minimum absolute atomic E-state index is 0.0183. The molecule has 0 radical (unpaired) electrons. The van der Waals surface area contributed by atoms with Crippen molar-refractivity contribution in [1.29, 1.82) is 0 Å². The second-order valence-corrected chi connectivity index (χ2v) is 4.32. The Morgan fingerprint density at radius 3 is 2.87 bits per heavy atom. The monoisotopic (exact) mass is 209 g/mol. The molecule has 0 aliphatic carbocycles. The molecule has 0 saturated carbocycles. The lowest BCUT2D eigenvalue weighted by molar-refractivity contribution is 0.117. The summed E-state index contributed by atoms with van der Waals surface area (Å²) >= 11 is 0. The smallest absolute Gasteiger partial charge is 0.121 e. The molecule has 0 bridgehead atoms. The van der Waals surface area contributed by atoms with Gasteiger partial charge in [0.1, 0.15) is 11.5 Å². The number of furan rings is 1. The molecule has 0 spiro atoms. The van der Waals surface area contributed by atoms with Crippen molar-refractivity contribution in [3.8, 4) is 0 Å². The van der Waals surface area contributed by atoms with Gasteiger partial charge in [0.05, 0.1) is 18.8 Å². The second kappa shape index (κ2) is 4.37. The molecule has 1 saturated heterocycles. The fraction of sp³-hybridized carbons (Fsp3) is 0.667. The van der Waals surface area contributed by atoms with Gasteiger partial charge < -0.3 is 14.9 Å². The van der Waals surface area contributed by atoms with E-state index in [1.165, 1.54) is 0 Å². The van der Waals surface area contributed by atoms with Gasteiger partial charge in [0.25, 0.3) is 0 Å². The van der Waals surface area contributed by atoms with Crippen LogP contribution in [0.3, 0.4) is 0 Å². The molecule has 1 aromatic rings. The Labute approximate surface area is 90.6 Å². The van der Waals surface area contributed by atoms with Gasteiger partial charge in [-0.25, -0.2) is 0 Å². The van der Waals surface area contributed by atoms with Crippen LogP contribution in [0.25, 0.3) is 0 Å². The Bertz CT molecular complexity index is 321. The molecule has 1 aliphatic heterocycles. The molecule has 2 rings (SSSR count). The maximum absolute atomic E-state index is 6.16. The molecule has 3 heteroatoms. The van der Waals surface area contributed by atoms with Crippen molar-refractivity contribution in [2.75, 3.05) is 6.61 Å². The summed E-state index contributed by atoms with van der Waals surface area (Å²) in [6, 6.07) is 3.98. The molecule has 1 aliphatic rings. The topological polar surface area (TPSA) is 48.4 Å². The molecule has 2 N–H and O–H groups in total. The summed E-state index contributed by atoms with van der Waals surface area (Å²) in [7, 11) is 0. The van der Waals surface area contributed by atoms with Crippen LogP contribution in [0.1, 0.15) is 37.8 Å². The van der Waals surface area contributed by atoms with Crippen molar-refractivity contribution in [1.82, 2.24) is 0 Å². The number of hydrogen-bond acceptors (Lipinski definition) is 3. The van der Waals surface area contributed by atoms with Crippen LogP contribution < -0.4 is 5.73 Å². The van der Waals surface area contributed by atoms with Crippen LogP contribution in [0, 0.1) is 5.92 Å². The highest BCUT2D eigenvalue weighted by atomic mass is 16.5. The van der Waals surface area contributed by atoms with Crippen molar-refractivity contribution >= 4 is 0 Å². The zero-order chi connectivity index (χ0) is 10.8. The predicted molar refractivity (Wildman–Crippen MR) is 58.5 cm³/mol. The quantitative estimate of drug-likeness (QED) is 0.830. The number of ether oxygens (including phenoxy) is 1. The standard InChI is InChI=1S/C12H19NO2/c1-3-10-4-5-11(15-10)12(13)9-6-8(2)14-7-9/h4-5,8-9,12H,3,6-7,13H2,1-2H3. The summed E-state index contributed by atoms with van der Waals surface area (Å²) in [5.74, 6) is 2.30. The van der Waals surface area contributed by atoms with Crippen LogP contribution in [0.5, 0.6) is 0 Å². The van der Waals surface area contributed by atoms with E-state index < -0.39 is 0 Å². The van der Waals surface area contributed by atoms with E-state index in [1.54, 1.807) is 0 Å². The summed E-state index contributed by atoms with van der Waals surface area (Å²) in [6.07, 6.45) is 2.29. The van der Waals surface area contributed by atoms with Gasteiger partial charge in [-0.1, -0.05) is 6.92 Å². The second-order valence-electron chi connectivity index (χ2n) is 4.32. The maximum atomic E-state index is 6.16. The molecule has 3 unspecified atom stereocenters. The number of nitrogens with two attached hydrogens (primary N) is 1. The van der Waals surface area contributed by atoms with Crippen LogP contribution in [0.15, 0.2) is 16.5 Å². The lowest BCUT2D eigenvalue weighted by atomic mass is 9.96. The first-order valence-corrected chi connectivity index (χ1v) is 5.66. The highest BCUT2D eigenvalue weighted by molar-refractivity contribution is 5.11. The fourth-order valence-electron chi connectivity index (χ4n) is 2.10. The third-order valence-electron chi connectivity index (χ3n) is 3.10. The molecule has 2 heterocycles. The number of rotatable bonds is 3. The zero-order valence-corrected chi connectivity index (χ0v) is 9.40. The molecule has 1 aromatic heterocycles. The van der Waals surface area contributed by atoms with Gasteiger partial charge in [-0.05, 0) is 25.5 Å². The number of hydrogen-bond donors (Lipinski definition) is 1. The van der Waals surface area contributed by atoms with E-state index in [2.05, 4.69) is 13.8 Å². The molecular weight excluding hydrogens is 190 g/mol. The Kier molecular flexibility index (Phi) is 3.12. The van der Waals surface area contributed by atoms with Crippen LogP contribution in [0.2, 0.25) is 0 Å². The van der Waals surface area contributed by atoms with E-state index in [4.69, 9.17) is 14.9 Å². The first-order valence-electron chi connectivity index (χ1n) is 5.66. The number of aryl methyl sites for hydroxylation is 1. The molecule has 0 aromatic carbocycles. The third kappa shape index (κ3) is 2.24. The van der Waals surface area contributed by atoms with Crippen molar-refractivity contribution in [3.63, 3.8) is 0 Å². The van der Waals surface area contributed by atoms with Crippen molar-refractivity contribution < 1.29 is 9.15 Å². The fourth-order valence-corrected chi connectivity index (χ4v) is 2.10. The van der Waals surface area contributed by atoms with Gasteiger partial charge >= 0.3 is 0 Å². The van der Waals surface area contributed by atoms with Crippen LogP contribution >= 0.6 is 0 Å². The molecule has 3 nitrogen and oxygen atoms in total. The van der Waals surface area contributed by atoms with Gasteiger partial charge in [0.2, 0.25) is 0 Å². The molecule has 15 heavy (non-hydrogen) atoms. The molecular formula is C12H19NO2. The van der Waals surface area contributed by atoms with Crippen LogP contribution in [-0.2, 0) is 11.2 Å². The van der Waals surface area contributed by atoms with Crippen molar-refractivity contribution in [2.24, 2.45) is 11.7 Å². The van der Waals surface area contributed by atoms with Crippen LogP contribution in [-0.4, -0.2) is 12.7 Å². The first kappa shape index (κ1) is 10.7. The largest absolute Gasteiger partial charge is 0.464 e. The zero-order valence-electron chi connectivity index (χ0n) is 9.40. The van der Waals surface area contributed by atoms with Gasteiger partial charge in [0.15, 0.2) is 0 Å². The van der Waals surface area contributed by atoms with Gasteiger partial charge in [-0.15, -0.1) is 0 Å². The van der Waals surface area contributed by atoms with E-state index in [0.717, 1.165) is 31.0 Å². The summed E-state index contributed by atoms with van der Waals surface area (Å²) in [6.45, 7) is 4.92. The molecule has 0 amide bonds. The summed E-state index contributed by atoms with van der Waals surface area (Å²) in [5.41, 5.74) is 6.16. The lowest BCUT2D eigenvalue weighted by Crippen LogP contribution is -2.21. The first-order chi connectivity index (χ1) is 7.20. The SMILES string of the molecule is CCc1ccc(C(N)C2COC(C)C2)o1.